The van der Waals surface area contributed by atoms with Crippen molar-refractivity contribution in [2.24, 2.45) is 7.05 Å². The largest absolute Gasteiger partial charge is 0.486 e. The fourth-order valence-corrected chi connectivity index (χ4v) is 2.81. The molecule has 0 atom stereocenters. The number of para-hydroxylation sites is 1. The van der Waals surface area contributed by atoms with Crippen molar-refractivity contribution in [3.05, 3.63) is 72.2 Å². The van der Waals surface area contributed by atoms with Crippen molar-refractivity contribution in [3.8, 4) is 5.75 Å². The van der Waals surface area contributed by atoms with Crippen molar-refractivity contribution in [3.63, 3.8) is 0 Å². The lowest BCUT2D eigenvalue weighted by Crippen LogP contribution is -2.14. The summed E-state index contributed by atoms with van der Waals surface area (Å²) in [6, 6.07) is 16.9. The number of aryl methyl sites for hydroxylation is 1. The number of ether oxygens (including phenoxy) is 1. The Labute approximate surface area is 161 Å². The molecule has 4 aromatic rings. The van der Waals surface area contributed by atoms with E-state index < -0.39 is 0 Å². The van der Waals surface area contributed by atoms with Gasteiger partial charge in [-0.05, 0) is 40.3 Å². The van der Waals surface area contributed by atoms with Gasteiger partial charge in [-0.3, -0.25) is 9.78 Å². The Morgan fingerprint density at radius 2 is 1.93 bits per heavy atom. The first-order chi connectivity index (χ1) is 13.7. The number of hydrogen-bond acceptors (Lipinski definition) is 6. The highest BCUT2D eigenvalue weighted by Gasteiger charge is 2.08. The van der Waals surface area contributed by atoms with Gasteiger partial charge in [-0.25, -0.2) is 4.68 Å². The van der Waals surface area contributed by atoms with Crippen LogP contribution in [0.2, 0.25) is 0 Å². The number of anilines is 1. The van der Waals surface area contributed by atoms with Gasteiger partial charge in [0.15, 0.2) is 5.82 Å². The lowest BCUT2D eigenvalue weighted by atomic mass is 10.1. The summed E-state index contributed by atoms with van der Waals surface area (Å²) in [5, 5.41) is 15.1. The highest BCUT2D eigenvalue weighted by Crippen LogP contribution is 2.21. The van der Waals surface area contributed by atoms with E-state index >= 15 is 0 Å². The maximum absolute atomic E-state index is 12.4. The Balaban J connectivity index is 1.37. The van der Waals surface area contributed by atoms with Gasteiger partial charge in [0.1, 0.15) is 12.4 Å². The van der Waals surface area contributed by atoms with Crippen molar-refractivity contribution < 1.29 is 9.53 Å². The molecule has 0 aliphatic rings. The molecule has 2 aromatic carbocycles. The molecule has 0 bridgehead atoms. The fraction of sp³-hybridized carbons (Fsp3) is 0.150. The number of pyridine rings is 1. The number of benzene rings is 2. The van der Waals surface area contributed by atoms with Gasteiger partial charge >= 0.3 is 0 Å². The Morgan fingerprint density at radius 3 is 2.71 bits per heavy atom. The highest BCUT2D eigenvalue weighted by molar-refractivity contribution is 6.00. The fourth-order valence-electron chi connectivity index (χ4n) is 2.81. The summed E-state index contributed by atoms with van der Waals surface area (Å²) in [7, 11) is 1.76. The number of hydrogen-bond donors (Lipinski definition) is 1. The lowest BCUT2D eigenvalue weighted by Gasteiger charge is -2.09. The molecule has 0 saturated heterocycles. The van der Waals surface area contributed by atoms with Crippen LogP contribution >= 0.6 is 0 Å². The molecule has 28 heavy (non-hydrogen) atoms. The minimum Gasteiger partial charge on any atom is -0.486 e. The van der Waals surface area contributed by atoms with Gasteiger partial charge in [0, 0.05) is 18.6 Å². The van der Waals surface area contributed by atoms with Gasteiger partial charge in [-0.1, -0.05) is 30.3 Å². The molecule has 1 amide bonds. The van der Waals surface area contributed by atoms with Crippen LogP contribution in [0.3, 0.4) is 0 Å². The number of nitrogens with one attached hydrogen (secondary N) is 1. The smallest absolute Gasteiger partial charge is 0.228 e. The van der Waals surface area contributed by atoms with Gasteiger partial charge in [-0.2, -0.15) is 0 Å². The Kier molecular flexibility index (Phi) is 4.92. The number of rotatable bonds is 6. The molecule has 4 rings (SSSR count). The average Bonchev–Trinajstić information content (AvgIpc) is 3.12. The Morgan fingerprint density at radius 1 is 1.11 bits per heavy atom. The minimum absolute atomic E-state index is 0.100. The normalized spacial score (nSPS) is 10.8. The van der Waals surface area contributed by atoms with Gasteiger partial charge in [0.25, 0.3) is 0 Å². The van der Waals surface area contributed by atoms with Crippen LogP contribution in [0.4, 0.5) is 5.69 Å². The summed E-state index contributed by atoms with van der Waals surface area (Å²) in [5.74, 6) is 1.22. The van der Waals surface area contributed by atoms with E-state index in [0.717, 1.165) is 16.5 Å². The third-order valence-electron chi connectivity index (χ3n) is 4.27. The molecule has 0 radical (unpaired) electrons. The molecule has 0 aliphatic carbocycles. The number of amides is 1. The molecule has 0 spiro atoms. The summed E-state index contributed by atoms with van der Waals surface area (Å²) >= 11 is 0. The molecule has 1 N–H and O–H groups in total. The van der Waals surface area contributed by atoms with E-state index in [1.165, 1.54) is 0 Å². The second kappa shape index (κ2) is 7.83. The van der Waals surface area contributed by atoms with Crippen LogP contribution in [-0.4, -0.2) is 31.1 Å². The highest BCUT2D eigenvalue weighted by atomic mass is 16.5. The molecular formula is C20H18N6O2. The van der Waals surface area contributed by atoms with Crippen LogP contribution in [0.15, 0.2) is 60.8 Å². The van der Waals surface area contributed by atoms with Crippen molar-refractivity contribution >= 4 is 22.5 Å². The van der Waals surface area contributed by atoms with E-state index in [9.17, 15) is 4.79 Å². The van der Waals surface area contributed by atoms with Crippen molar-refractivity contribution in [2.75, 3.05) is 5.32 Å². The van der Waals surface area contributed by atoms with Crippen molar-refractivity contribution in [1.29, 1.82) is 0 Å². The Bertz CT molecular complexity index is 1100. The number of carbonyl (C=O) groups is 1. The maximum atomic E-state index is 12.4. The maximum Gasteiger partial charge on any atom is 0.228 e. The van der Waals surface area contributed by atoms with Crippen LogP contribution < -0.4 is 10.1 Å². The molecule has 2 aromatic heterocycles. The van der Waals surface area contributed by atoms with Crippen LogP contribution in [0, 0.1) is 0 Å². The zero-order valence-corrected chi connectivity index (χ0v) is 15.2. The van der Waals surface area contributed by atoms with Gasteiger partial charge < -0.3 is 10.1 Å². The third kappa shape index (κ3) is 3.96. The number of tetrazole rings is 1. The molecule has 0 saturated carbocycles. The summed E-state index contributed by atoms with van der Waals surface area (Å²) in [4.78, 5) is 16.8. The lowest BCUT2D eigenvalue weighted by molar-refractivity contribution is -0.115. The zero-order valence-electron chi connectivity index (χ0n) is 15.2. The van der Waals surface area contributed by atoms with Crippen LogP contribution in [0.25, 0.3) is 10.9 Å². The van der Waals surface area contributed by atoms with E-state index in [0.29, 0.717) is 17.3 Å². The van der Waals surface area contributed by atoms with Crippen molar-refractivity contribution in [2.45, 2.75) is 13.0 Å². The number of aromatic nitrogens is 5. The number of nitrogens with zero attached hydrogens (tertiary/aromatic N) is 5. The average molecular weight is 374 g/mol. The molecule has 8 heteroatoms. The van der Waals surface area contributed by atoms with E-state index in [4.69, 9.17) is 4.74 Å². The predicted octanol–water partition coefficient (Wildman–Crippen LogP) is 2.52. The first kappa shape index (κ1) is 17.6. The van der Waals surface area contributed by atoms with Crippen LogP contribution in [0.1, 0.15) is 11.4 Å². The van der Waals surface area contributed by atoms with Gasteiger partial charge in [0.2, 0.25) is 5.91 Å². The monoisotopic (exact) mass is 374 g/mol. The predicted molar refractivity (Wildman–Crippen MR) is 104 cm³/mol. The standard InChI is InChI=1S/C20H18N6O2/c1-26-18(23-24-25-26)13-28-16-9-7-14(8-10-16)12-19(27)22-17-6-2-4-15-5-3-11-21-20(15)17/h2-11H,12-13H2,1H3,(H,22,27). The van der Waals surface area contributed by atoms with E-state index in [1.54, 1.807) is 17.9 Å². The molecule has 2 heterocycles. The second-order valence-corrected chi connectivity index (χ2v) is 6.26. The van der Waals surface area contributed by atoms with Crippen molar-refractivity contribution in [1.82, 2.24) is 25.2 Å². The molecule has 0 unspecified atom stereocenters. The molecule has 8 nitrogen and oxygen atoms in total. The van der Waals surface area contributed by atoms with Gasteiger partial charge in [0.05, 0.1) is 17.6 Å². The van der Waals surface area contributed by atoms with Crippen LogP contribution in [0.5, 0.6) is 5.75 Å². The third-order valence-corrected chi connectivity index (χ3v) is 4.27. The zero-order chi connectivity index (χ0) is 19.3. The SMILES string of the molecule is Cn1nnnc1COc1ccc(CC(=O)Nc2cccc3cccnc23)cc1. The topological polar surface area (TPSA) is 94.8 Å². The molecule has 0 aliphatic heterocycles. The van der Waals surface area contributed by atoms with Gasteiger partial charge in [-0.15, -0.1) is 5.10 Å². The summed E-state index contributed by atoms with van der Waals surface area (Å²) in [6.45, 7) is 0.275. The molecular weight excluding hydrogens is 356 g/mol. The quantitative estimate of drug-likeness (QED) is 0.557. The van der Waals surface area contributed by atoms with E-state index in [-0.39, 0.29) is 18.9 Å². The minimum atomic E-state index is -0.100. The molecule has 0 fully saturated rings. The summed E-state index contributed by atoms with van der Waals surface area (Å²) < 4.78 is 7.22. The summed E-state index contributed by atoms with van der Waals surface area (Å²) in [5.41, 5.74) is 2.37. The first-order valence-corrected chi connectivity index (χ1v) is 8.75. The number of fused-ring (bicyclic) bond motifs is 1. The Hall–Kier alpha value is -3.81. The van der Waals surface area contributed by atoms with Crippen LogP contribution in [-0.2, 0) is 24.9 Å². The first-order valence-electron chi connectivity index (χ1n) is 8.75. The second-order valence-electron chi connectivity index (χ2n) is 6.26. The summed E-state index contributed by atoms with van der Waals surface area (Å²) in [6.07, 6.45) is 1.98. The molecule has 140 valence electrons. The van der Waals surface area contributed by atoms with E-state index in [1.807, 2.05) is 54.6 Å². The number of carbonyl (C=O) groups excluding carboxylic acids is 1. The van der Waals surface area contributed by atoms with E-state index in [2.05, 4.69) is 25.8 Å².